The van der Waals surface area contributed by atoms with Crippen LogP contribution < -0.4 is 4.74 Å². The Morgan fingerprint density at radius 2 is 1.70 bits per heavy atom. The molecule has 0 aliphatic carbocycles. The van der Waals surface area contributed by atoms with Gasteiger partial charge in [-0.05, 0) is 46.2 Å². The molecule has 3 rings (SSSR count). The van der Waals surface area contributed by atoms with Crippen LogP contribution in [0.5, 0.6) is 5.75 Å². The number of carbonyl (C=O) groups is 2. The molecular weight excluding hydrogens is 340 g/mol. The van der Waals surface area contributed by atoms with E-state index in [0.29, 0.717) is 12.2 Å². The molecule has 0 atom stereocenters. The highest BCUT2D eigenvalue weighted by atomic mass is 16.5. The summed E-state index contributed by atoms with van der Waals surface area (Å²) in [6, 6.07) is 21.1. The van der Waals surface area contributed by atoms with Gasteiger partial charge in [-0.2, -0.15) is 0 Å². The molecule has 0 aromatic heterocycles. The van der Waals surface area contributed by atoms with E-state index in [4.69, 9.17) is 4.74 Å². The van der Waals surface area contributed by atoms with E-state index in [1.54, 1.807) is 6.08 Å². The number of fused-ring (bicyclic) bond motifs is 1. The van der Waals surface area contributed by atoms with E-state index in [0.717, 1.165) is 21.9 Å². The van der Waals surface area contributed by atoms with Crippen molar-refractivity contribution >= 4 is 28.6 Å². The van der Waals surface area contributed by atoms with Crippen LogP contribution in [0, 0.1) is 0 Å². The molecule has 0 aliphatic rings. The third kappa shape index (κ3) is 5.28. The van der Waals surface area contributed by atoms with E-state index >= 15 is 0 Å². The number of methoxy groups -OCH3 is 1. The standard InChI is InChI=1S/C23H20O4/c1-26-23(25)12-8-18-7-9-19-10-11-22(15-20(19)13-18)27-16-21(24)14-17-5-3-2-4-6-17/h2-13,15H,14,16H2,1H3/b12-8+. The van der Waals surface area contributed by atoms with Crippen molar-refractivity contribution in [3.8, 4) is 5.75 Å². The molecule has 0 fully saturated rings. The van der Waals surface area contributed by atoms with Gasteiger partial charge in [-0.1, -0.05) is 48.5 Å². The van der Waals surface area contributed by atoms with E-state index in [1.807, 2.05) is 66.7 Å². The van der Waals surface area contributed by atoms with Crippen molar-refractivity contribution in [3.63, 3.8) is 0 Å². The van der Waals surface area contributed by atoms with Crippen molar-refractivity contribution in [3.05, 3.63) is 83.9 Å². The summed E-state index contributed by atoms with van der Waals surface area (Å²) >= 11 is 0. The smallest absolute Gasteiger partial charge is 0.330 e. The first-order valence-corrected chi connectivity index (χ1v) is 8.62. The first kappa shape index (κ1) is 18.4. The maximum Gasteiger partial charge on any atom is 0.330 e. The van der Waals surface area contributed by atoms with Crippen LogP contribution in [-0.2, 0) is 20.7 Å². The fraction of sp³-hybridized carbons (Fsp3) is 0.130. The second kappa shape index (κ2) is 8.81. The second-order valence-corrected chi connectivity index (χ2v) is 6.11. The lowest BCUT2D eigenvalue weighted by Gasteiger charge is -2.07. The summed E-state index contributed by atoms with van der Waals surface area (Å²) in [6.45, 7) is 0.0301. The van der Waals surface area contributed by atoms with Gasteiger partial charge >= 0.3 is 5.97 Å². The third-order valence-electron chi connectivity index (χ3n) is 4.09. The normalized spacial score (nSPS) is 10.9. The Kier molecular flexibility index (Phi) is 6.00. The molecule has 0 radical (unpaired) electrons. The molecule has 0 unspecified atom stereocenters. The van der Waals surface area contributed by atoms with Crippen LogP contribution in [-0.4, -0.2) is 25.5 Å². The number of ketones is 1. The van der Waals surface area contributed by atoms with E-state index in [2.05, 4.69) is 4.74 Å². The zero-order valence-corrected chi connectivity index (χ0v) is 15.1. The molecule has 136 valence electrons. The molecule has 0 aliphatic heterocycles. The summed E-state index contributed by atoms with van der Waals surface area (Å²) in [6.07, 6.45) is 3.43. The predicted octanol–water partition coefficient (Wildman–Crippen LogP) is 4.22. The van der Waals surface area contributed by atoms with Gasteiger partial charge in [-0.25, -0.2) is 4.79 Å². The van der Waals surface area contributed by atoms with Crippen LogP contribution in [0.2, 0.25) is 0 Å². The molecule has 3 aromatic rings. The van der Waals surface area contributed by atoms with Gasteiger partial charge in [0.2, 0.25) is 0 Å². The van der Waals surface area contributed by atoms with Gasteiger partial charge in [0, 0.05) is 12.5 Å². The van der Waals surface area contributed by atoms with Gasteiger partial charge in [-0.3, -0.25) is 4.79 Å². The lowest BCUT2D eigenvalue weighted by molar-refractivity contribution is -0.134. The second-order valence-electron chi connectivity index (χ2n) is 6.11. The number of benzene rings is 3. The van der Waals surface area contributed by atoms with Crippen LogP contribution in [0.25, 0.3) is 16.8 Å². The Labute approximate surface area is 158 Å². The molecule has 0 saturated heterocycles. The monoisotopic (exact) mass is 360 g/mol. The van der Waals surface area contributed by atoms with E-state index < -0.39 is 5.97 Å². The quantitative estimate of drug-likeness (QED) is 0.468. The largest absolute Gasteiger partial charge is 0.486 e. The number of hydrogen-bond donors (Lipinski definition) is 0. The molecule has 0 N–H and O–H groups in total. The Morgan fingerprint density at radius 1 is 0.926 bits per heavy atom. The molecule has 0 amide bonds. The average molecular weight is 360 g/mol. The van der Waals surface area contributed by atoms with Crippen molar-refractivity contribution in [1.82, 2.24) is 0 Å². The summed E-state index contributed by atoms with van der Waals surface area (Å²) in [4.78, 5) is 23.3. The van der Waals surface area contributed by atoms with Crippen LogP contribution in [0.4, 0.5) is 0 Å². The number of esters is 1. The van der Waals surface area contributed by atoms with E-state index in [-0.39, 0.29) is 12.4 Å². The highest BCUT2D eigenvalue weighted by Crippen LogP contribution is 2.23. The number of ether oxygens (including phenoxy) is 2. The maximum absolute atomic E-state index is 12.1. The van der Waals surface area contributed by atoms with Crippen molar-refractivity contribution in [2.75, 3.05) is 13.7 Å². The SMILES string of the molecule is COC(=O)/C=C/c1ccc2ccc(OCC(=O)Cc3ccccc3)cc2c1. The van der Waals surface area contributed by atoms with Gasteiger partial charge in [0.25, 0.3) is 0 Å². The van der Waals surface area contributed by atoms with Crippen molar-refractivity contribution in [2.45, 2.75) is 6.42 Å². The van der Waals surface area contributed by atoms with Gasteiger partial charge in [-0.15, -0.1) is 0 Å². The number of carbonyl (C=O) groups excluding carboxylic acids is 2. The first-order chi connectivity index (χ1) is 13.1. The van der Waals surface area contributed by atoms with Gasteiger partial charge in [0.1, 0.15) is 12.4 Å². The summed E-state index contributed by atoms with van der Waals surface area (Å²) < 4.78 is 10.3. The molecule has 0 bridgehead atoms. The lowest BCUT2D eigenvalue weighted by Crippen LogP contribution is -2.13. The molecule has 0 spiro atoms. The zero-order valence-electron chi connectivity index (χ0n) is 15.1. The number of rotatable bonds is 7. The van der Waals surface area contributed by atoms with Crippen molar-refractivity contribution in [2.24, 2.45) is 0 Å². The average Bonchev–Trinajstić information content (AvgIpc) is 2.70. The predicted molar refractivity (Wildman–Crippen MR) is 106 cm³/mol. The van der Waals surface area contributed by atoms with Gasteiger partial charge in [0.15, 0.2) is 5.78 Å². The third-order valence-corrected chi connectivity index (χ3v) is 4.09. The molecule has 0 saturated carbocycles. The maximum atomic E-state index is 12.1. The van der Waals surface area contributed by atoms with Crippen LogP contribution >= 0.6 is 0 Å². The molecule has 27 heavy (non-hydrogen) atoms. The minimum Gasteiger partial charge on any atom is -0.486 e. The fourth-order valence-electron chi connectivity index (χ4n) is 2.71. The molecule has 4 heteroatoms. The summed E-state index contributed by atoms with van der Waals surface area (Å²) in [7, 11) is 1.34. The molecule has 3 aromatic carbocycles. The van der Waals surface area contributed by atoms with E-state index in [9.17, 15) is 9.59 Å². The van der Waals surface area contributed by atoms with Crippen LogP contribution in [0.3, 0.4) is 0 Å². The Balaban J connectivity index is 1.67. The highest BCUT2D eigenvalue weighted by Gasteiger charge is 2.06. The minimum atomic E-state index is -0.399. The van der Waals surface area contributed by atoms with Crippen LogP contribution in [0.1, 0.15) is 11.1 Å². The van der Waals surface area contributed by atoms with Crippen LogP contribution in [0.15, 0.2) is 72.8 Å². The Bertz CT molecular complexity index is 974. The fourth-order valence-corrected chi connectivity index (χ4v) is 2.71. The van der Waals surface area contributed by atoms with Crippen molar-refractivity contribution < 1.29 is 19.1 Å². The summed E-state index contributed by atoms with van der Waals surface area (Å²) in [5, 5.41) is 2.02. The first-order valence-electron chi connectivity index (χ1n) is 8.62. The summed E-state index contributed by atoms with van der Waals surface area (Å²) in [5.74, 6) is 0.262. The van der Waals surface area contributed by atoms with E-state index in [1.165, 1.54) is 13.2 Å². The number of Topliss-reactive ketones (excluding diaryl/α,β-unsaturated/α-hetero) is 1. The Hall–Kier alpha value is -3.40. The number of hydrogen-bond acceptors (Lipinski definition) is 4. The topological polar surface area (TPSA) is 52.6 Å². The molecule has 4 nitrogen and oxygen atoms in total. The minimum absolute atomic E-state index is 0.0241. The highest BCUT2D eigenvalue weighted by molar-refractivity contribution is 5.90. The van der Waals surface area contributed by atoms with Gasteiger partial charge < -0.3 is 9.47 Å². The summed E-state index contributed by atoms with van der Waals surface area (Å²) in [5.41, 5.74) is 1.86. The zero-order chi connectivity index (χ0) is 19.1. The lowest BCUT2D eigenvalue weighted by atomic mass is 10.1. The molecular formula is C23H20O4. The Morgan fingerprint density at radius 3 is 2.48 bits per heavy atom. The molecule has 0 heterocycles. The van der Waals surface area contributed by atoms with Crippen molar-refractivity contribution in [1.29, 1.82) is 0 Å². The van der Waals surface area contributed by atoms with Gasteiger partial charge in [0.05, 0.1) is 7.11 Å².